The lowest BCUT2D eigenvalue weighted by atomic mass is 9.81. The minimum absolute atomic E-state index is 0.0488. The van der Waals surface area contributed by atoms with Crippen LogP contribution in [0.5, 0.6) is 0 Å². The van der Waals surface area contributed by atoms with E-state index in [1.165, 1.54) is 23.0 Å². The first kappa shape index (κ1) is 29.9. The summed E-state index contributed by atoms with van der Waals surface area (Å²) in [5.41, 5.74) is 1.82. The largest absolute Gasteiger partial charge is 0.369 e. The third-order valence-electron chi connectivity index (χ3n) is 8.13. The number of carbonyl (C=O) groups excluding carboxylic acids is 2. The number of fused-ring (bicyclic) bond motifs is 1. The molecule has 10 nitrogen and oxygen atoms in total. The molecule has 2 saturated carbocycles. The average molecular weight is 595 g/mol. The van der Waals surface area contributed by atoms with E-state index in [1.807, 2.05) is 0 Å². The first-order valence-corrected chi connectivity index (χ1v) is 14.2. The van der Waals surface area contributed by atoms with Crippen molar-refractivity contribution < 1.29 is 36.8 Å². The highest BCUT2D eigenvalue weighted by Gasteiger charge is 2.40. The minimum atomic E-state index is -2.76. The molecule has 2 amide bonds. The Labute approximate surface area is 239 Å². The van der Waals surface area contributed by atoms with Crippen LogP contribution in [0, 0.1) is 11.8 Å². The Morgan fingerprint density at radius 3 is 2.50 bits per heavy atom. The van der Waals surface area contributed by atoms with Crippen molar-refractivity contribution >= 4 is 17.5 Å². The number of nitrogens with one attached hydrogen (secondary N) is 2. The van der Waals surface area contributed by atoms with Gasteiger partial charge in [0.25, 0.3) is 5.91 Å². The first-order chi connectivity index (χ1) is 20.2. The lowest BCUT2D eigenvalue weighted by molar-refractivity contribution is -0.125. The molecule has 2 aliphatic rings. The highest BCUT2D eigenvalue weighted by Crippen LogP contribution is 2.43. The zero-order valence-corrected chi connectivity index (χ0v) is 22.9. The van der Waals surface area contributed by atoms with E-state index in [0.717, 1.165) is 12.8 Å². The number of alkyl halides is 4. The molecule has 228 valence electrons. The minimum Gasteiger partial charge on any atom is -0.369 e. The van der Waals surface area contributed by atoms with Crippen LogP contribution in [0.25, 0.3) is 5.65 Å². The SMILES string of the molecule is O=C(CC(CCF)CCF)N[C@H](O)c1cnn2cc([C@@H](NC(=O)c3conc3C3CC3)C3CCC(F)(F)CC3)nc2c1. The molecule has 0 unspecified atom stereocenters. The first-order valence-electron chi connectivity index (χ1n) is 14.2. The van der Waals surface area contributed by atoms with E-state index in [9.17, 15) is 32.3 Å². The van der Waals surface area contributed by atoms with Gasteiger partial charge in [-0.1, -0.05) is 5.16 Å². The molecule has 0 aromatic carbocycles. The van der Waals surface area contributed by atoms with Crippen LogP contribution >= 0.6 is 0 Å². The van der Waals surface area contributed by atoms with E-state index < -0.39 is 49.3 Å². The summed E-state index contributed by atoms with van der Waals surface area (Å²) in [6, 6.07) is 0.800. The summed E-state index contributed by atoms with van der Waals surface area (Å²) < 4.78 is 59.9. The third-order valence-corrected chi connectivity index (χ3v) is 8.13. The van der Waals surface area contributed by atoms with Crippen molar-refractivity contribution in [3.63, 3.8) is 0 Å². The molecule has 0 aliphatic heterocycles. The Morgan fingerprint density at radius 1 is 1.12 bits per heavy atom. The number of imidazole rings is 1. The van der Waals surface area contributed by atoms with Crippen molar-refractivity contribution in [2.75, 3.05) is 13.3 Å². The van der Waals surface area contributed by atoms with Crippen LogP contribution in [0.1, 0.15) is 103 Å². The van der Waals surface area contributed by atoms with Gasteiger partial charge in [0.15, 0.2) is 11.9 Å². The van der Waals surface area contributed by atoms with Crippen LogP contribution < -0.4 is 10.6 Å². The van der Waals surface area contributed by atoms with Crippen molar-refractivity contribution in [1.82, 2.24) is 30.4 Å². The van der Waals surface area contributed by atoms with Crippen molar-refractivity contribution in [2.24, 2.45) is 11.8 Å². The smallest absolute Gasteiger partial charge is 0.257 e. The Balaban J connectivity index is 1.34. The summed E-state index contributed by atoms with van der Waals surface area (Å²) in [5, 5.41) is 24.2. The molecule has 42 heavy (non-hydrogen) atoms. The third kappa shape index (κ3) is 7.08. The molecule has 0 saturated heterocycles. The predicted octanol–water partition coefficient (Wildman–Crippen LogP) is 4.72. The van der Waals surface area contributed by atoms with E-state index >= 15 is 0 Å². The molecule has 0 radical (unpaired) electrons. The quantitative estimate of drug-likeness (QED) is 0.193. The number of hydrogen-bond donors (Lipinski definition) is 3. The Hall–Kier alpha value is -3.55. The van der Waals surface area contributed by atoms with E-state index in [2.05, 4.69) is 25.9 Å². The summed E-state index contributed by atoms with van der Waals surface area (Å²) in [4.78, 5) is 30.3. The van der Waals surface area contributed by atoms with E-state index in [1.54, 1.807) is 6.20 Å². The number of amides is 2. The molecule has 2 atom stereocenters. The second-order valence-corrected chi connectivity index (χ2v) is 11.3. The molecule has 3 aromatic heterocycles. The van der Waals surface area contributed by atoms with Crippen molar-refractivity contribution in [1.29, 1.82) is 0 Å². The van der Waals surface area contributed by atoms with E-state index in [4.69, 9.17) is 4.52 Å². The normalized spacial score (nSPS) is 18.7. The standard InChI is InChI=1S/C28H34F4N6O4/c29-9-5-16(6-10-30)11-23(39)35-26(40)19-12-22-34-21(14-38(22)33-13-19)25(18-3-7-28(31,32)8-4-18)36-27(41)20-15-42-37-24(20)17-1-2-17/h12-18,25-26,40H,1-11H2,(H,35,39)(H,36,41)/t25-,26+/m0/s1. The number of aliphatic hydroxyl groups is 1. The average Bonchev–Trinajstić information content (AvgIpc) is 3.51. The van der Waals surface area contributed by atoms with Gasteiger partial charge in [0, 0.05) is 30.7 Å². The molecule has 5 rings (SSSR count). The summed E-state index contributed by atoms with van der Waals surface area (Å²) >= 11 is 0. The Kier molecular flexibility index (Phi) is 9.09. The fourth-order valence-corrected chi connectivity index (χ4v) is 5.54. The maximum Gasteiger partial charge on any atom is 0.257 e. The number of hydrogen-bond acceptors (Lipinski definition) is 7. The molecular formula is C28H34F4N6O4. The van der Waals surface area contributed by atoms with Gasteiger partial charge in [0.1, 0.15) is 11.8 Å². The molecule has 3 N–H and O–H groups in total. The van der Waals surface area contributed by atoms with Gasteiger partial charge in [-0.3, -0.25) is 18.4 Å². The lowest BCUT2D eigenvalue weighted by Crippen LogP contribution is -2.37. The maximum absolute atomic E-state index is 14.0. The Morgan fingerprint density at radius 2 is 1.83 bits per heavy atom. The van der Waals surface area contributed by atoms with Crippen LogP contribution in [0.2, 0.25) is 0 Å². The van der Waals surface area contributed by atoms with Gasteiger partial charge in [-0.15, -0.1) is 0 Å². The van der Waals surface area contributed by atoms with Gasteiger partial charge < -0.3 is 20.3 Å². The number of carbonyl (C=O) groups is 2. The zero-order valence-electron chi connectivity index (χ0n) is 22.9. The van der Waals surface area contributed by atoms with Crippen LogP contribution in [0.3, 0.4) is 0 Å². The molecule has 3 heterocycles. The van der Waals surface area contributed by atoms with Gasteiger partial charge in [-0.25, -0.2) is 18.3 Å². The molecule has 3 aromatic rings. The topological polar surface area (TPSA) is 135 Å². The summed E-state index contributed by atoms with van der Waals surface area (Å²) in [5.74, 6) is -4.37. The number of halogens is 4. The number of nitrogens with zero attached hydrogens (tertiary/aromatic N) is 4. The predicted molar refractivity (Wildman–Crippen MR) is 141 cm³/mol. The van der Waals surface area contributed by atoms with Crippen LogP contribution in [0.15, 0.2) is 29.2 Å². The fourth-order valence-electron chi connectivity index (χ4n) is 5.54. The van der Waals surface area contributed by atoms with Gasteiger partial charge in [0.2, 0.25) is 11.8 Å². The van der Waals surface area contributed by atoms with E-state index in [0.29, 0.717) is 22.6 Å². The van der Waals surface area contributed by atoms with Gasteiger partial charge >= 0.3 is 0 Å². The van der Waals surface area contributed by atoms with Crippen LogP contribution in [0.4, 0.5) is 17.6 Å². The molecule has 14 heteroatoms. The molecule has 0 spiro atoms. The van der Waals surface area contributed by atoms with Crippen molar-refractivity contribution in [2.45, 2.75) is 81.9 Å². The van der Waals surface area contributed by atoms with Crippen LogP contribution in [-0.4, -0.2) is 55.9 Å². The summed E-state index contributed by atoms with van der Waals surface area (Å²) in [7, 11) is 0. The zero-order chi connectivity index (χ0) is 29.9. The maximum atomic E-state index is 14.0. The summed E-state index contributed by atoms with van der Waals surface area (Å²) in [6.07, 6.45) is 4.32. The number of aliphatic hydroxyl groups excluding tert-OH is 1. The monoisotopic (exact) mass is 594 g/mol. The fraction of sp³-hybridized carbons (Fsp3) is 0.607. The molecule has 2 fully saturated rings. The Bertz CT molecular complexity index is 1380. The highest BCUT2D eigenvalue weighted by molar-refractivity contribution is 5.95. The van der Waals surface area contributed by atoms with Crippen LogP contribution in [-0.2, 0) is 4.79 Å². The molecule has 0 bridgehead atoms. The van der Waals surface area contributed by atoms with Gasteiger partial charge in [-0.05, 0) is 56.4 Å². The van der Waals surface area contributed by atoms with Crippen molar-refractivity contribution in [3.8, 4) is 0 Å². The number of rotatable bonds is 13. The van der Waals surface area contributed by atoms with Gasteiger partial charge in [-0.2, -0.15) is 5.10 Å². The lowest BCUT2D eigenvalue weighted by Gasteiger charge is -2.33. The molecule has 2 aliphatic carbocycles. The molecular weight excluding hydrogens is 560 g/mol. The van der Waals surface area contributed by atoms with Gasteiger partial charge in [0.05, 0.1) is 43.2 Å². The highest BCUT2D eigenvalue weighted by atomic mass is 19.3. The second kappa shape index (κ2) is 12.8. The number of aromatic nitrogens is 4. The second-order valence-electron chi connectivity index (χ2n) is 11.3. The van der Waals surface area contributed by atoms with Crippen molar-refractivity contribution in [3.05, 3.63) is 47.2 Å². The van der Waals surface area contributed by atoms with E-state index in [-0.39, 0.29) is 62.3 Å². The summed E-state index contributed by atoms with van der Waals surface area (Å²) in [6.45, 7) is -1.34.